The lowest BCUT2D eigenvalue weighted by Crippen LogP contribution is -2.43. The lowest BCUT2D eigenvalue weighted by atomic mass is 9.72. The van der Waals surface area contributed by atoms with Gasteiger partial charge in [-0.3, -0.25) is 0 Å². The van der Waals surface area contributed by atoms with Crippen LogP contribution in [0.15, 0.2) is 16.6 Å². The summed E-state index contributed by atoms with van der Waals surface area (Å²) in [5.41, 5.74) is 8.75. The van der Waals surface area contributed by atoms with E-state index in [0.717, 1.165) is 23.1 Å². The summed E-state index contributed by atoms with van der Waals surface area (Å²) in [4.78, 5) is 0. The summed E-state index contributed by atoms with van der Waals surface area (Å²) in [5.74, 6) is 1.37. The summed E-state index contributed by atoms with van der Waals surface area (Å²) >= 11 is 3.59. The predicted molar refractivity (Wildman–Crippen MR) is 74.5 cm³/mol. The van der Waals surface area contributed by atoms with Crippen molar-refractivity contribution in [3.8, 4) is 5.75 Å². The molecule has 0 aromatic heterocycles. The third kappa shape index (κ3) is 2.23. The van der Waals surface area contributed by atoms with Gasteiger partial charge in [-0.2, -0.15) is 0 Å². The van der Waals surface area contributed by atoms with E-state index >= 15 is 0 Å². The van der Waals surface area contributed by atoms with Gasteiger partial charge in [0.2, 0.25) is 0 Å². The Bertz CT molecular complexity index is 424. The Balaban J connectivity index is 2.50. The van der Waals surface area contributed by atoms with Crippen LogP contribution in [0.5, 0.6) is 5.75 Å². The molecule has 1 fully saturated rings. The van der Waals surface area contributed by atoms with E-state index in [1.165, 1.54) is 17.5 Å². The third-order valence-corrected chi connectivity index (χ3v) is 4.31. The molecule has 1 aliphatic carbocycles. The Morgan fingerprint density at radius 2 is 2.00 bits per heavy atom. The molecule has 0 bridgehead atoms. The van der Waals surface area contributed by atoms with Crippen molar-refractivity contribution < 1.29 is 4.74 Å². The molecular formula is C14H20BrNO. The van der Waals surface area contributed by atoms with Gasteiger partial charge in [-0.25, -0.2) is 0 Å². The van der Waals surface area contributed by atoms with Gasteiger partial charge in [0.15, 0.2) is 0 Å². The monoisotopic (exact) mass is 297 g/mol. The second-order valence-electron chi connectivity index (χ2n) is 5.24. The van der Waals surface area contributed by atoms with Gasteiger partial charge < -0.3 is 10.5 Å². The van der Waals surface area contributed by atoms with Gasteiger partial charge in [0.25, 0.3) is 0 Å². The quantitative estimate of drug-likeness (QED) is 0.918. The first-order chi connectivity index (χ1) is 7.98. The van der Waals surface area contributed by atoms with Gasteiger partial charge in [0.05, 0.1) is 11.6 Å². The van der Waals surface area contributed by atoms with Crippen LogP contribution < -0.4 is 10.5 Å². The Hall–Kier alpha value is -0.540. The fourth-order valence-electron chi connectivity index (χ4n) is 2.39. The van der Waals surface area contributed by atoms with Crippen molar-refractivity contribution >= 4 is 15.9 Å². The summed E-state index contributed by atoms with van der Waals surface area (Å²) in [6.07, 6.45) is 3.41. The minimum absolute atomic E-state index is 0.113. The molecule has 0 radical (unpaired) electrons. The third-order valence-electron chi connectivity index (χ3n) is 3.72. The molecule has 2 nitrogen and oxygen atoms in total. The maximum Gasteiger partial charge on any atom is 0.136 e. The molecule has 0 saturated heterocycles. The summed E-state index contributed by atoms with van der Waals surface area (Å²) in [7, 11) is 1.72. The largest absolute Gasteiger partial charge is 0.495 e. The van der Waals surface area contributed by atoms with Crippen LogP contribution in [0.2, 0.25) is 0 Å². The molecule has 2 N–H and O–H groups in total. The SMILES string of the molecule is COc1c(Br)cc(C2(N)CCC2)cc1C(C)C. The predicted octanol–water partition coefficient (Wildman–Crippen LogP) is 3.92. The van der Waals surface area contributed by atoms with Crippen LogP contribution in [0.25, 0.3) is 0 Å². The normalized spacial score (nSPS) is 18.0. The highest BCUT2D eigenvalue weighted by atomic mass is 79.9. The van der Waals surface area contributed by atoms with E-state index < -0.39 is 0 Å². The highest BCUT2D eigenvalue weighted by molar-refractivity contribution is 9.10. The molecule has 0 heterocycles. The Kier molecular flexibility index (Phi) is 3.50. The maximum absolute atomic E-state index is 6.39. The first-order valence-corrected chi connectivity index (χ1v) is 6.94. The van der Waals surface area contributed by atoms with Crippen molar-refractivity contribution in [2.75, 3.05) is 7.11 Å². The average Bonchev–Trinajstić information content (AvgIpc) is 2.24. The number of ether oxygens (including phenoxy) is 1. The zero-order chi connectivity index (χ0) is 12.6. The molecule has 2 rings (SSSR count). The molecular weight excluding hydrogens is 278 g/mol. The molecule has 0 spiro atoms. The number of methoxy groups -OCH3 is 1. The number of benzene rings is 1. The lowest BCUT2D eigenvalue weighted by Gasteiger charge is -2.39. The van der Waals surface area contributed by atoms with Crippen LogP contribution >= 0.6 is 15.9 Å². The smallest absolute Gasteiger partial charge is 0.136 e. The number of nitrogens with two attached hydrogens (primary N) is 1. The molecule has 1 aromatic rings. The molecule has 1 aliphatic rings. The van der Waals surface area contributed by atoms with Crippen molar-refractivity contribution in [1.82, 2.24) is 0 Å². The average molecular weight is 298 g/mol. The highest BCUT2D eigenvalue weighted by Gasteiger charge is 2.35. The van der Waals surface area contributed by atoms with Gasteiger partial charge in [0, 0.05) is 5.54 Å². The highest BCUT2D eigenvalue weighted by Crippen LogP contribution is 2.43. The fourth-order valence-corrected chi connectivity index (χ4v) is 3.03. The standard InChI is InChI=1S/C14H20BrNO/c1-9(2)11-7-10(14(16)5-4-6-14)8-12(15)13(11)17-3/h7-9H,4-6,16H2,1-3H3. The van der Waals surface area contributed by atoms with E-state index in [9.17, 15) is 0 Å². The number of hydrogen-bond acceptors (Lipinski definition) is 2. The van der Waals surface area contributed by atoms with E-state index in [2.05, 4.69) is 41.9 Å². The van der Waals surface area contributed by atoms with Crippen LogP contribution in [0.4, 0.5) is 0 Å². The van der Waals surface area contributed by atoms with E-state index in [4.69, 9.17) is 10.5 Å². The fraction of sp³-hybridized carbons (Fsp3) is 0.571. The minimum Gasteiger partial charge on any atom is -0.495 e. The molecule has 3 heteroatoms. The van der Waals surface area contributed by atoms with Gasteiger partial charge >= 0.3 is 0 Å². The number of hydrogen-bond donors (Lipinski definition) is 1. The second-order valence-corrected chi connectivity index (χ2v) is 6.10. The summed E-state index contributed by atoms with van der Waals surface area (Å²) in [6.45, 7) is 4.36. The molecule has 0 unspecified atom stereocenters. The van der Waals surface area contributed by atoms with Crippen molar-refractivity contribution in [1.29, 1.82) is 0 Å². The Labute approximate surface area is 112 Å². The first kappa shape index (κ1) is 12.9. The minimum atomic E-state index is -0.113. The van der Waals surface area contributed by atoms with Crippen LogP contribution in [-0.2, 0) is 5.54 Å². The molecule has 0 aliphatic heterocycles. The zero-order valence-corrected chi connectivity index (χ0v) is 12.3. The summed E-state index contributed by atoms with van der Waals surface area (Å²) in [6, 6.07) is 4.33. The zero-order valence-electron chi connectivity index (χ0n) is 10.7. The van der Waals surface area contributed by atoms with E-state index in [1.807, 2.05) is 0 Å². The van der Waals surface area contributed by atoms with Crippen LogP contribution in [-0.4, -0.2) is 7.11 Å². The van der Waals surface area contributed by atoms with Crippen molar-refractivity contribution in [3.63, 3.8) is 0 Å². The Morgan fingerprint density at radius 1 is 1.35 bits per heavy atom. The molecule has 1 aromatic carbocycles. The molecule has 17 heavy (non-hydrogen) atoms. The summed E-state index contributed by atoms with van der Waals surface area (Å²) < 4.78 is 6.48. The second kappa shape index (κ2) is 4.62. The van der Waals surface area contributed by atoms with Crippen molar-refractivity contribution in [3.05, 3.63) is 27.7 Å². The van der Waals surface area contributed by atoms with Crippen LogP contribution in [0.3, 0.4) is 0 Å². The van der Waals surface area contributed by atoms with Gasteiger partial charge in [-0.1, -0.05) is 13.8 Å². The van der Waals surface area contributed by atoms with Crippen LogP contribution in [0, 0.1) is 0 Å². The van der Waals surface area contributed by atoms with Crippen molar-refractivity contribution in [2.45, 2.75) is 44.6 Å². The van der Waals surface area contributed by atoms with Gasteiger partial charge in [-0.05, 0) is 64.4 Å². The van der Waals surface area contributed by atoms with Crippen LogP contribution in [0.1, 0.15) is 50.2 Å². The molecule has 0 atom stereocenters. The van der Waals surface area contributed by atoms with E-state index in [1.54, 1.807) is 7.11 Å². The van der Waals surface area contributed by atoms with Crippen molar-refractivity contribution in [2.24, 2.45) is 5.73 Å². The Morgan fingerprint density at radius 3 is 2.41 bits per heavy atom. The summed E-state index contributed by atoms with van der Waals surface area (Å²) in [5, 5.41) is 0. The molecule has 1 saturated carbocycles. The van der Waals surface area contributed by atoms with Gasteiger partial charge in [-0.15, -0.1) is 0 Å². The molecule has 94 valence electrons. The van der Waals surface area contributed by atoms with Gasteiger partial charge in [0.1, 0.15) is 5.75 Å². The molecule has 0 amide bonds. The maximum atomic E-state index is 6.39. The topological polar surface area (TPSA) is 35.2 Å². The number of rotatable bonds is 3. The van der Waals surface area contributed by atoms with E-state index in [-0.39, 0.29) is 5.54 Å². The lowest BCUT2D eigenvalue weighted by molar-refractivity contribution is 0.253. The van der Waals surface area contributed by atoms with E-state index in [0.29, 0.717) is 5.92 Å². The number of halogens is 1. The first-order valence-electron chi connectivity index (χ1n) is 6.15.